The van der Waals surface area contributed by atoms with Crippen LogP contribution in [0.15, 0.2) is 23.5 Å². The van der Waals surface area contributed by atoms with Gasteiger partial charge in [0.05, 0.1) is 0 Å². The fourth-order valence-electron chi connectivity index (χ4n) is 0.606. The predicted molar refractivity (Wildman–Crippen MR) is 45.3 cm³/mol. The fourth-order valence-corrected chi connectivity index (χ4v) is 0.928. The molecule has 0 spiro atoms. The van der Waals surface area contributed by atoms with Gasteiger partial charge in [-0.3, -0.25) is 0 Å². The van der Waals surface area contributed by atoms with E-state index < -0.39 is 0 Å². The van der Waals surface area contributed by atoms with Gasteiger partial charge in [0.25, 0.3) is 0 Å². The quantitative estimate of drug-likeness (QED) is 0.404. The van der Waals surface area contributed by atoms with E-state index in [4.69, 9.17) is 23.2 Å². The molecule has 12 heavy (non-hydrogen) atoms. The van der Waals surface area contributed by atoms with Crippen molar-refractivity contribution in [1.29, 1.82) is 0 Å². The van der Waals surface area contributed by atoms with Gasteiger partial charge in [0.1, 0.15) is 0 Å². The maximum atomic E-state index is 9.72. The second kappa shape index (κ2) is 5.78. The predicted octanol–water partition coefficient (Wildman–Crippen LogP) is 0.684. The van der Waals surface area contributed by atoms with Crippen LogP contribution in [0, 0.1) is 4.91 Å². The summed E-state index contributed by atoms with van der Waals surface area (Å²) in [5.74, 6) is 0. The van der Waals surface area contributed by atoms with Gasteiger partial charge in [0.15, 0.2) is 0 Å². The number of nitroso groups, excluding NO2 is 1. The Balaban J connectivity index is 0.00000121. The Morgan fingerprint density at radius 1 is 1.33 bits per heavy atom. The Labute approximate surface area is 102 Å². The Morgan fingerprint density at radius 3 is 2.58 bits per heavy atom. The average Bonchev–Trinajstić information content (AvgIpc) is 1.98. The number of rotatable bonds is 2. The number of hydrogen-bond acceptors (Lipinski definition) is 2. The van der Waals surface area contributed by atoms with Crippen molar-refractivity contribution >= 4 is 28.9 Å². The van der Waals surface area contributed by atoms with Crippen LogP contribution in [0.5, 0.6) is 0 Å². The molecule has 0 amide bonds. The van der Waals surface area contributed by atoms with E-state index in [1.807, 2.05) is 0 Å². The van der Waals surface area contributed by atoms with Gasteiger partial charge in [-0.1, -0.05) is 35.0 Å². The second-order valence-electron chi connectivity index (χ2n) is 1.78. The molecule has 0 heterocycles. The van der Waals surface area contributed by atoms with Gasteiger partial charge in [0, 0.05) is 10.0 Å². The first-order chi connectivity index (χ1) is 5.24. The first kappa shape index (κ1) is 12.2. The molecular formula is C6H3Cl2N2NaO. The van der Waals surface area contributed by atoms with Gasteiger partial charge in [-0.2, -0.15) is 4.91 Å². The molecule has 0 saturated carbocycles. The van der Waals surface area contributed by atoms with E-state index in [0.29, 0.717) is 10.0 Å². The number of halogens is 2. The van der Waals surface area contributed by atoms with E-state index >= 15 is 0 Å². The standard InChI is InChI=1S/C6H4Cl2N2O.Na/c7-4-1-2-5(8)6(3-4)9-10-11;/h1-3H,(H,9,11);/q;+1/p-1. The molecule has 0 radical (unpaired) electrons. The van der Waals surface area contributed by atoms with Crippen LogP contribution in [0.1, 0.15) is 0 Å². The first-order valence-electron chi connectivity index (χ1n) is 2.72. The van der Waals surface area contributed by atoms with Crippen LogP contribution in [0.25, 0.3) is 5.43 Å². The third-order valence-corrected chi connectivity index (χ3v) is 1.61. The third kappa shape index (κ3) is 3.29. The zero-order valence-corrected chi connectivity index (χ0v) is 9.80. The summed E-state index contributed by atoms with van der Waals surface area (Å²) in [6.45, 7) is 0. The van der Waals surface area contributed by atoms with Crippen molar-refractivity contribution < 1.29 is 29.6 Å². The minimum absolute atomic E-state index is 0. The van der Waals surface area contributed by atoms with Gasteiger partial charge in [-0.15, -0.1) is 5.29 Å². The zero-order chi connectivity index (χ0) is 8.27. The van der Waals surface area contributed by atoms with Crippen molar-refractivity contribution in [1.82, 2.24) is 0 Å². The minimum atomic E-state index is 0. The first-order valence-corrected chi connectivity index (χ1v) is 3.48. The van der Waals surface area contributed by atoms with Crippen LogP contribution >= 0.6 is 23.2 Å². The second-order valence-corrected chi connectivity index (χ2v) is 2.62. The largest absolute Gasteiger partial charge is 1.00 e. The molecule has 0 saturated heterocycles. The summed E-state index contributed by atoms with van der Waals surface area (Å²) >= 11 is 11.2. The molecule has 58 valence electrons. The SMILES string of the molecule is O=N[N-]c1cc(Cl)ccc1Cl.[Na+]. The Bertz CT molecular complexity index is 282. The van der Waals surface area contributed by atoms with Gasteiger partial charge >= 0.3 is 29.6 Å². The molecular weight excluding hydrogens is 210 g/mol. The zero-order valence-electron chi connectivity index (χ0n) is 6.29. The van der Waals surface area contributed by atoms with Crippen molar-refractivity contribution in [3.05, 3.63) is 38.6 Å². The molecule has 3 nitrogen and oxygen atoms in total. The van der Waals surface area contributed by atoms with Crippen LogP contribution in [0.4, 0.5) is 5.69 Å². The van der Waals surface area contributed by atoms with Crippen molar-refractivity contribution in [2.45, 2.75) is 0 Å². The molecule has 6 heteroatoms. The molecule has 0 bridgehead atoms. The van der Waals surface area contributed by atoms with E-state index in [1.54, 1.807) is 12.1 Å². The third-order valence-electron chi connectivity index (χ3n) is 1.06. The van der Waals surface area contributed by atoms with E-state index in [2.05, 4.69) is 10.7 Å². The number of nitrogens with zero attached hydrogens (tertiary/aromatic N) is 2. The molecule has 0 N–H and O–H groups in total. The van der Waals surface area contributed by atoms with E-state index in [9.17, 15) is 4.91 Å². The van der Waals surface area contributed by atoms with Crippen LogP contribution in [0.2, 0.25) is 10.0 Å². The molecule has 1 aromatic carbocycles. The summed E-state index contributed by atoms with van der Waals surface area (Å²) in [5.41, 5.74) is 3.51. The van der Waals surface area contributed by atoms with Gasteiger partial charge in [-0.25, -0.2) is 0 Å². The number of hydrogen-bond donors (Lipinski definition) is 0. The average molecular weight is 213 g/mol. The fraction of sp³-hybridized carbons (Fsp3) is 0. The Kier molecular flexibility index (Phi) is 5.88. The topological polar surface area (TPSA) is 43.5 Å². The molecule has 0 aliphatic rings. The molecule has 0 atom stereocenters. The smallest absolute Gasteiger partial charge is 0.536 e. The number of benzene rings is 1. The Morgan fingerprint density at radius 2 is 2.00 bits per heavy atom. The van der Waals surface area contributed by atoms with Crippen LogP contribution in [0.3, 0.4) is 0 Å². The van der Waals surface area contributed by atoms with Crippen LogP contribution in [-0.4, -0.2) is 0 Å². The summed E-state index contributed by atoms with van der Waals surface area (Å²) in [5, 5.41) is 3.16. The van der Waals surface area contributed by atoms with E-state index in [1.165, 1.54) is 6.07 Å². The molecule has 0 fully saturated rings. The van der Waals surface area contributed by atoms with E-state index in [-0.39, 0.29) is 35.2 Å². The molecule has 0 unspecified atom stereocenters. The Hall–Kier alpha value is 0.200. The monoisotopic (exact) mass is 212 g/mol. The maximum Gasteiger partial charge on any atom is 1.00 e. The van der Waals surface area contributed by atoms with Crippen LogP contribution < -0.4 is 29.6 Å². The summed E-state index contributed by atoms with van der Waals surface area (Å²) in [4.78, 5) is 9.72. The summed E-state index contributed by atoms with van der Waals surface area (Å²) in [6.07, 6.45) is 0. The minimum Gasteiger partial charge on any atom is -0.536 e. The normalized spacial score (nSPS) is 8.50. The molecule has 0 aliphatic heterocycles. The van der Waals surface area contributed by atoms with E-state index in [0.717, 1.165) is 0 Å². The maximum absolute atomic E-state index is 9.72. The van der Waals surface area contributed by atoms with Crippen molar-refractivity contribution in [3.8, 4) is 0 Å². The molecule has 1 rings (SSSR count). The van der Waals surface area contributed by atoms with Gasteiger partial charge < -0.3 is 5.43 Å². The summed E-state index contributed by atoms with van der Waals surface area (Å²) in [7, 11) is 0. The van der Waals surface area contributed by atoms with Crippen LogP contribution in [-0.2, 0) is 0 Å². The van der Waals surface area contributed by atoms with Crippen molar-refractivity contribution in [3.63, 3.8) is 0 Å². The summed E-state index contributed by atoms with van der Waals surface area (Å²) < 4.78 is 0. The van der Waals surface area contributed by atoms with Gasteiger partial charge in [-0.05, 0) is 12.1 Å². The van der Waals surface area contributed by atoms with Crippen molar-refractivity contribution in [2.75, 3.05) is 0 Å². The molecule has 0 aliphatic carbocycles. The van der Waals surface area contributed by atoms with Gasteiger partial charge in [0.2, 0.25) is 0 Å². The summed E-state index contributed by atoms with van der Waals surface area (Å²) in [6, 6.07) is 4.62. The molecule has 0 aromatic heterocycles. The van der Waals surface area contributed by atoms with Crippen molar-refractivity contribution in [2.24, 2.45) is 5.29 Å². The molecule has 1 aromatic rings.